The SMILES string of the molecule is C=CCOP(=O)(OC=C(Cl)Cl)OCC=C. The molecule has 0 aliphatic rings. The van der Waals surface area contributed by atoms with E-state index in [0.29, 0.717) is 0 Å². The molecule has 0 bridgehead atoms. The molecule has 0 aliphatic carbocycles. The number of hydrogen-bond acceptors (Lipinski definition) is 4. The number of phosphoric acid groups is 1. The predicted molar refractivity (Wildman–Crippen MR) is 60.8 cm³/mol. The van der Waals surface area contributed by atoms with Crippen LogP contribution in [0.1, 0.15) is 0 Å². The highest BCUT2D eigenvalue weighted by Gasteiger charge is 2.25. The van der Waals surface area contributed by atoms with Gasteiger partial charge in [0.2, 0.25) is 0 Å². The standard InChI is InChI=1S/C8H11Cl2O4P/c1-3-5-12-15(11,13-6-4-2)14-7-8(9)10/h3-4,7H,1-2,5-6H2. The lowest BCUT2D eigenvalue weighted by Crippen LogP contribution is -1.97. The van der Waals surface area contributed by atoms with Crippen molar-refractivity contribution in [2.24, 2.45) is 0 Å². The number of rotatable bonds is 8. The Bertz CT molecular complexity index is 270. The predicted octanol–water partition coefficient (Wildman–Crippen LogP) is 3.79. The average molecular weight is 273 g/mol. The molecule has 0 saturated carbocycles. The average Bonchev–Trinajstić information content (AvgIpc) is 2.21. The highest BCUT2D eigenvalue weighted by Crippen LogP contribution is 2.50. The van der Waals surface area contributed by atoms with Crippen molar-refractivity contribution in [3.8, 4) is 0 Å². The molecule has 0 rings (SSSR count). The first-order chi connectivity index (χ1) is 7.04. The van der Waals surface area contributed by atoms with Crippen molar-refractivity contribution < 1.29 is 18.1 Å². The summed E-state index contributed by atoms with van der Waals surface area (Å²) in [7, 11) is -3.69. The van der Waals surface area contributed by atoms with Gasteiger partial charge in [0.1, 0.15) is 10.8 Å². The van der Waals surface area contributed by atoms with E-state index in [4.69, 9.17) is 32.2 Å². The molecule has 0 aromatic heterocycles. The summed E-state index contributed by atoms with van der Waals surface area (Å²) in [6, 6.07) is 0. The van der Waals surface area contributed by atoms with E-state index in [0.717, 1.165) is 6.26 Å². The molecule has 0 saturated heterocycles. The number of halogens is 2. The van der Waals surface area contributed by atoms with Crippen molar-refractivity contribution in [1.82, 2.24) is 0 Å². The van der Waals surface area contributed by atoms with Gasteiger partial charge < -0.3 is 4.52 Å². The molecule has 0 N–H and O–H groups in total. The fourth-order valence-electron chi connectivity index (χ4n) is 0.490. The van der Waals surface area contributed by atoms with Crippen molar-refractivity contribution >= 4 is 31.0 Å². The van der Waals surface area contributed by atoms with E-state index in [-0.39, 0.29) is 17.7 Å². The lowest BCUT2D eigenvalue weighted by molar-refractivity contribution is 0.166. The van der Waals surface area contributed by atoms with E-state index in [1.807, 2.05) is 0 Å². The Morgan fingerprint density at radius 2 is 1.67 bits per heavy atom. The Morgan fingerprint density at radius 1 is 1.20 bits per heavy atom. The molecule has 0 fully saturated rings. The zero-order valence-corrected chi connectivity index (χ0v) is 10.3. The molecule has 0 radical (unpaired) electrons. The van der Waals surface area contributed by atoms with Gasteiger partial charge >= 0.3 is 7.82 Å². The van der Waals surface area contributed by atoms with Crippen molar-refractivity contribution in [2.45, 2.75) is 0 Å². The molecule has 4 nitrogen and oxygen atoms in total. The zero-order valence-electron chi connectivity index (χ0n) is 7.90. The lowest BCUT2D eigenvalue weighted by Gasteiger charge is -2.14. The lowest BCUT2D eigenvalue weighted by atomic mass is 10.7. The first-order valence-electron chi connectivity index (χ1n) is 3.84. The summed E-state index contributed by atoms with van der Waals surface area (Å²) in [5.41, 5.74) is 0. The third-order valence-electron chi connectivity index (χ3n) is 0.972. The van der Waals surface area contributed by atoms with E-state index in [2.05, 4.69) is 17.7 Å². The smallest absolute Gasteiger partial charge is 0.409 e. The Balaban J connectivity index is 4.38. The summed E-state index contributed by atoms with van der Waals surface area (Å²) in [4.78, 5) is 0. The largest absolute Gasteiger partial charge is 0.530 e. The minimum absolute atomic E-state index is 0.0160. The highest BCUT2D eigenvalue weighted by molar-refractivity contribution is 7.48. The summed E-state index contributed by atoms with van der Waals surface area (Å²) in [5, 5.41) is 0. The summed E-state index contributed by atoms with van der Waals surface area (Å²) in [6.45, 7) is 6.82. The van der Waals surface area contributed by atoms with Gasteiger partial charge in [0, 0.05) is 0 Å². The second-order valence-electron chi connectivity index (χ2n) is 2.13. The van der Waals surface area contributed by atoms with Crippen molar-refractivity contribution in [3.05, 3.63) is 36.1 Å². The quantitative estimate of drug-likeness (QED) is 0.383. The molecule has 0 spiro atoms. The normalized spacial score (nSPS) is 10.5. The third-order valence-corrected chi connectivity index (χ3v) is 2.44. The molecule has 7 heteroatoms. The van der Waals surface area contributed by atoms with Gasteiger partial charge in [-0.05, 0) is 0 Å². The van der Waals surface area contributed by atoms with E-state index in [1.54, 1.807) is 0 Å². The van der Waals surface area contributed by atoms with Crippen LogP contribution in [0.5, 0.6) is 0 Å². The molecule has 0 amide bonds. The maximum absolute atomic E-state index is 11.7. The topological polar surface area (TPSA) is 44.8 Å². The maximum Gasteiger partial charge on any atom is 0.530 e. The molecule has 0 unspecified atom stereocenters. The van der Waals surface area contributed by atoms with Crippen LogP contribution in [-0.4, -0.2) is 13.2 Å². The summed E-state index contributed by atoms with van der Waals surface area (Å²) in [6.07, 6.45) is 3.68. The molecular weight excluding hydrogens is 262 g/mol. The summed E-state index contributed by atoms with van der Waals surface area (Å²) >= 11 is 10.6. The van der Waals surface area contributed by atoms with Gasteiger partial charge in [-0.3, -0.25) is 9.05 Å². The fraction of sp³-hybridized carbons (Fsp3) is 0.250. The van der Waals surface area contributed by atoms with Gasteiger partial charge in [-0.1, -0.05) is 35.4 Å². The van der Waals surface area contributed by atoms with E-state index >= 15 is 0 Å². The van der Waals surface area contributed by atoms with Crippen LogP contribution in [-0.2, 0) is 18.1 Å². The molecule has 0 atom stereocenters. The van der Waals surface area contributed by atoms with Gasteiger partial charge in [0.15, 0.2) is 0 Å². The van der Waals surface area contributed by atoms with Crippen molar-refractivity contribution in [1.29, 1.82) is 0 Å². The molecule has 15 heavy (non-hydrogen) atoms. The van der Waals surface area contributed by atoms with E-state index in [9.17, 15) is 4.57 Å². The summed E-state index contributed by atoms with van der Waals surface area (Å²) in [5.74, 6) is 0. The minimum atomic E-state index is -3.69. The number of hydrogen-bond donors (Lipinski definition) is 0. The Labute approximate surface area is 98.7 Å². The molecule has 86 valence electrons. The van der Waals surface area contributed by atoms with Crippen LogP contribution < -0.4 is 0 Å². The first kappa shape index (κ1) is 14.8. The monoisotopic (exact) mass is 272 g/mol. The van der Waals surface area contributed by atoms with Gasteiger partial charge in [-0.25, -0.2) is 4.57 Å². The van der Waals surface area contributed by atoms with Crippen LogP contribution >= 0.6 is 31.0 Å². The molecule has 0 aromatic rings. The maximum atomic E-state index is 11.7. The highest BCUT2D eigenvalue weighted by atomic mass is 35.5. The Kier molecular flexibility index (Phi) is 7.83. The van der Waals surface area contributed by atoms with Gasteiger partial charge in [-0.15, -0.1) is 13.2 Å². The van der Waals surface area contributed by atoms with Crippen molar-refractivity contribution in [3.63, 3.8) is 0 Å². The Morgan fingerprint density at radius 3 is 2.00 bits per heavy atom. The summed E-state index contributed by atoms with van der Waals surface area (Å²) < 4.78 is 25.8. The second-order valence-corrected chi connectivity index (χ2v) is 4.76. The van der Waals surface area contributed by atoms with Crippen LogP contribution in [0.2, 0.25) is 0 Å². The first-order valence-corrected chi connectivity index (χ1v) is 6.06. The molecular formula is C8H11Cl2O4P. The van der Waals surface area contributed by atoms with Crippen LogP contribution in [0, 0.1) is 0 Å². The van der Waals surface area contributed by atoms with Crippen LogP contribution in [0.15, 0.2) is 36.1 Å². The van der Waals surface area contributed by atoms with Crippen LogP contribution in [0.25, 0.3) is 0 Å². The van der Waals surface area contributed by atoms with Gasteiger partial charge in [0.25, 0.3) is 0 Å². The van der Waals surface area contributed by atoms with Crippen molar-refractivity contribution in [2.75, 3.05) is 13.2 Å². The second kappa shape index (κ2) is 7.97. The van der Waals surface area contributed by atoms with E-state index < -0.39 is 7.82 Å². The zero-order chi connectivity index (χ0) is 11.7. The van der Waals surface area contributed by atoms with Crippen LogP contribution in [0.3, 0.4) is 0 Å². The van der Waals surface area contributed by atoms with Gasteiger partial charge in [-0.2, -0.15) is 0 Å². The van der Waals surface area contributed by atoms with E-state index in [1.165, 1.54) is 12.2 Å². The fourth-order valence-corrected chi connectivity index (χ4v) is 1.71. The molecule has 0 heterocycles. The van der Waals surface area contributed by atoms with Gasteiger partial charge in [0.05, 0.1) is 13.2 Å². The number of phosphoric ester groups is 1. The Hall–Kier alpha value is -0.250. The minimum Gasteiger partial charge on any atom is -0.409 e. The third kappa shape index (κ3) is 7.65. The molecule has 0 aliphatic heterocycles. The van der Waals surface area contributed by atoms with Crippen LogP contribution in [0.4, 0.5) is 0 Å². The molecule has 0 aromatic carbocycles.